The Balaban J connectivity index is 1.31. The molecule has 0 aromatic heterocycles. The van der Waals surface area contributed by atoms with Crippen LogP contribution in [0.3, 0.4) is 0 Å². The molecule has 36 heavy (non-hydrogen) atoms. The van der Waals surface area contributed by atoms with Gasteiger partial charge in [0.05, 0.1) is 6.61 Å². The molecule has 2 aliphatic rings. The summed E-state index contributed by atoms with van der Waals surface area (Å²) in [7, 11) is 0. The lowest BCUT2D eigenvalue weighted by atomic mass is 9.88. The third-order valence-electron chi connectivity index (χ3n) is 6.76. The second kappa shape index (κ2) is 9.18. The van der Waals surface area contributed by atoms with Crippen LogP contribution in [0.1, 0.15) is 37.5 Å². The lowest BCUT2D eigenvalue weighted by Gasteiger charge is -2.24. The summed E-state index contributed by atoms with van der Waals surface area (Å²) in [6.45, 7) is 5.88. The standard InChI is InChI=1S/C28H29N3O5/c1-4-35-23-13-19-12-17(2)36-24(19)14-20(23)15-29-25(32)16-31-26(33)28(3,30-27(31)34)22-11-7-9-18-8-5-6-10-21(18)22/h5-11,13-14,17H,4,12,15-16H2,1-3H3,(H,29,32)(H,30,34). The molecule has 0 saturated carbocycles. The van der Waals surface area contributed by atoms with Gasteiger partial charge in [0, 0.05) is 24.1 Å². The number of hydrogen-bond donors (Lipinski definition) is 2. The van der Waals surface area contributed by atoms with Crippen LogP contribution in [-0.2, 0) is 28.1 Å². The highest BCUT2D eigenvalue weighted by Crippen LogP contribution is 2.36. The Kier molecular flexibility index (Phi) is 6.04. The van der Waals surface area contributed by atoms with Crippen molar-refractivity contribution in [2.45, 2.75) is 45.4 Å². The summed E-state index contributed by atoms with van der Waals surface area (Å²) in [5, 5.41) is 7.45. The Morgan fingerprint density at radius 1 is 1.19 bits per heavy atom. The van der Waals surface area contributed by atoms with Gasteiger partial charge in [-0.3, -0.25) is 14.5 Å². The summed E-state index contributed by atoms with van der Waals surface area (Å²) in [5.74, 6) is 0.565. The van der Waals surface area contributed by atoms with E-state index >= 15 is 0 Å². The van der Waals surface area contributed by atoms with Crippen molar-refractivity contribution in [1.82, 2.24) is 15.5 Å². The fourth-order valence-corrected chi connectivity index (χ4v) is 4.99. The number of amides is 4. The van der Waals surface area contributed by atoms with Crippen LogP contribution in [0, 0.1) is 0 Å². The van der Waals surface area contributed by atoms with E-state index in [4.69, 9.17) is 9.47 Å². The number of urea groups is 1. The average Bonchev–Trinajstić information content (AvgIpc) is 3.33. The molecular weight excluding hydrogens is 458 g/mol. The Morgan fingerprint density at radius 3 is 2.78 bits per heavy atom. The lowest BCUT2D eigenvalue weighted by Crippen LogP contribution is -2.43. The predicted octanol–water partition coefficient (Wildman–Crippen LogP) is 3.65. The molecule has 3 aromatic carbocycles. The normalized spacial score (nSPS) is 20.8. The van der Waals surface area contributed by atoms with Gasteiger partial charge in [-0.05, 0) is 49.2 Å². The molecule has 8 nitrogen and oxygen atoms in total. The molecule has 4 amide bonds. The SMILES string of the molecule is CCOc1cc2c(cc1CNC(=O)CN1C(=O)NC(C)(c3cccc4ccccc34)C1=O)OC(C)C2. The number of carbonyl (C=O) groups excluding carboxylic acids is 3. The van der Waals surface area contributed by atoms with Crippen LogP contribution < -0.4 is 20.1 Å². The molecule has 2 N–H and O–H groups in total. The second-order valence-corrected chi connectivity index (χ2v) is 9.38. The monoisotopic (exact) mass is 487 g/mol. The van der Waals surface area contributed by atoms with E-state index in [9.17, 15) is 14.4 Å². The van der Waals surface area contributed by atoms with Crippen molar-refractivity contribution >= 4 is 28.6 Å². The summed E-state index contributed by atoms with van der Waals surface area (Å²) in [4.78, 5) is 40.0. The summed E-state index contributed by atoms with van der Waals surface area (Å²) in [6.07, 6.45) is 0.902. The van der Waals surface area contributed by atoms with E-state index in [0.29, 0.717) is 17.9 Å². The first-order valence-corrected chi connectivity index (χ1v) is 12.1. The number of benzene rings is 3. The largest absolute Gasteiger partial charge is 0.494 e. The van der Waals surface area contributed by atoms with Crippen molar-refractivity contribution in [3.8, 4) is 11.5 Å². The molecule has 2 atom stereocenters. The van der Waals surface area contributed by atoms with Gasteiger partial charge in [0.2, 0.25) is 5.91 Å². The van der Waals surface area contributed by atoms with Crippen LogP contribution >= 0.6 is 0 Å². The molecule has 5 rings (SSSR count). The van der Waals surface area contributed by atoms with Gasteiger partial charge in [-0.2, -0.15) is 0 Å². The zero-order valence-corrected chi connectivity index (χ0v) is 20.6. The first-order valence-electron chi connectivity index (χ1n) is 12.1. The number of nitrogens with zero attached hydrogens (tertiary/aromatic N) is 1. The maximum Gasteiger partial charge on any atom is 0.325 e. The number of hydrogen-bond acceptors (Lipinski definition) is 5. The highest BCUT2D eigenvalue weighted by atomic mass is 16.5. The minimum Gasteiger partial charge on any atom is -0.494 e. The molecule has 186 valence electrons. The first kappa shape index (κ1) is 23.7. The minimum absolute atomic E-state index is 0.0926. The summed E-state index contributed by atoms with van der Waals surface area (Å²) in [6, 6.07) is 16.6. The highest BCUT2D eigenvalue weighted by molar-refractivity contribution is 6.10. The molecule has 3 aromatic rings. The van der Waals surface area contributed by atoms with Crippen molar-refractivity contribution in [3.05, 3.63) is 71.3 Å². The quantitative estimate of drug-likeness (QED) is 0.496. The first-order chi connectivity index (χ1) is 17.3. The van der Waals surface area contributed by atoms with Crippen molar-refractivity contribution in [1.29, 1.82) is 0 Å². The van der Waals surface area contributed by atoms with Crippen molar-refractivity contribution in [2.24, 2.45) is 0 Å². The van der Waals surface area contributed by atoms with E-state index in [2.05, 4.69) is 10.6 Å². The molecule has 0 radical (unpaired) electrons. The molecule has 0 aliphatic carbocycles. The van der Waals surface area contributed by atoms with E-state index in [1.807, 2.05) is 68.4 Å². The van der Waals surface area contributed by atoms with E-state index in [0.717, 1.165) is 39.0 Å². The molecule has 1 fully saturated rings. The molecule has 0 spiro atoms. The number of imide groups is 1. The van der Waals surface area contributed by atoms with Crippen LogP contribution in [0.25, 0.3) is 10.8 Å². The second-order valence-electron chi connectivity index (χ2n) is 9.38. The molecule has 2 aliphatic heterocycles. The molecule has 8 heteroatoms. The minimum atomic E-state index is -1.27. The Hall–Kier alpha value is -4.07. The Morgan fingerprint density at radius 2 is 1.97 bits per heavy atom. The van der Waals surface area contributed by atoms with E-state index in [-0.39, 0.29) is 19.2 Å². The van der Waals surface area contributed by atoms with E-state index in [1.165, 1.54) is 0 Å². The Labute approximate surface area is 209 Å². The van der Waals surface area contributed by atoms with Gasteiger partial charge in [0.25, 0.3) is 5.91 Å². The molecular formula is C28H29N3O5. The number of rotatable bonds is 7. The lowest BCUT2D eigenvalue weighted by molar-refractivity contribution is -0.134. The molecule has 2 heterocycles. The fourth-order valence-electron chi connectivity index (χ4n) is 4.99. The smallest absolute Gasteiger partial charge is 0.325 e. The molecule has 0 bridgehead atoms. The summed E-state index contributed by atoms with van der Waals surface area (Å²) < 4.78 is 11.6. The van der Waals surface area contributed by atoms with Gasteiger partial charge in [-0.1, -0.05) is 42.5 Å². The van der Waals surface area contributed by atoms with E-state index in [1.54, 1.807) is 6.92 Å². The van der Waals surface area contributed by atoms with Crippen molar-refractivity contribution in [3.63, 3.8) is 0 Å². The van der Waals surface area contributed by atoms with Gasteiger partial charge >= 0.3 is 6.03 Å². The maximum absolute atomic E-state index is 13.4. The van der Waals surface area contributed by atoms with Gasteiger partial charge in [0.1, 0.15) is 29.7 Å². The van der Waals surface area contributed by atoms with Crippen LogP contribution in [0.15, 0.2) is 54.6 Å². The van der Waals surface area contributed by atoms with Crippen LogP contribution in [0.2, 0.25) is 0 Å². The average molecular weight is 488 g/mol. The van der Waals surface area contributed by atoms with Gasteiger partial charge < -0.3 is 20.1 Å². The number of fused-ring (bicyclic) bond motifs is 2. The van der Waals surface area contributed by atoms with Crippen LogP contribution in [-0.4, -0.2) is 42.0 Å². The summed E-state index contributed by atoms with van der Waals surface area (Å²) in [5.41, 5.74) is 1.27. The zero-order chi connectivity index (χ0) is 25.4. The number of nitrogens with one attached hydrogen (secondary N) is 2. The fraction of sp³-hybridized carbons (Fsp3) is 0.321. The van der Waals surface area contributed by atoms with Crippen LogP contribution in [0.4, 0.5) is 4.79 Å². The topological polar surface area (TPSA) is 97.0 Å². The van der Waals surface area contributed by atoms with Crippen molar-refractivity contribution < 1.29 is 23.9 Å². The van der Waals surface area contributed by atoms with Gasteiger partial charge in [-0.15, -0.1) is 0 Å². The predicted molar refractivity (Wildman–Crippen MR) is 135 cm³/mol. The Bertz CT molecular complexity index is 1370. The number of ether oxygens (including phenoxy) is 2. The zero-order valence-electron chi connectivity index (χ0n) is 20.6. The third kappa shape index (κ3) is 4.12. The van der Waals surface area contributed by atoms with E-state index < -0.39 is 23.4 Å². The van der Waals surface area contributed by atoms with Crippen molar-refractivity contribution in [2.75, 3.05) is 13.2 Å². The highest BCUT2D eigenvalue weighted by Gasteiger charge is 2.50. The summed E-state index contributed by atoms with van der Waals surface area (Å²) >= 11 is 0. The third-order valence-corrected chi connectivity index (χ3v) is 6.76. The van der Waals surface area contributed by atoms with Gasteiger partial charge in [0.15, 0.2) is 0 Å². The molecule has 2 unspecified atom stereocenters. The molecule has 1 saturated heterocycles. The maximum atomic E-state index is 13.4. The van der Waals surface area contributed by atoms with Crippen LogP contribution in [0.5, 0.6) is 11.5 Å². The number of carbonyl (C=O) groups is 3. The van der Waals surface area contributed by atoms with Gasteiger partial charge in [-0.25, -0.2) is 4.79 Å².